The van der Waals surface area contributed by atoms with Crippen molar-refractivity contribution in [2.45, 2.75) is 91.3 Å². The maximum Gasteiger partial charge on any atom is 0.414 e. The standard InChI is InChI=1S/C43H54N3O6.2H2/c1-9-10-13-29(2)16-19-31-28-36(47)38(51-37-15-12-11-14-33(31)37)25-27-50-32-20-17-30(18-21-32)24-26-44-40(46-41(49)52-43(6,7)8)45-39(48)34-22-23-35(34)42(3,4)5;;/h9-15,17-18,20-23,31,35,38H,1-2,16,19,24-28H2,3-8H3,(H2,44,45,46,48,49);2*1H/b13-10-;;. The molecule has 0 fully saturated rings. The molecule has 52 heavy (non-hydrogen) atoms. The predicted molar refractivity (Wildman–Crippen MR) is 211 cm³/mol. The summed E-state index contributed by atoms with van der Waals surface area (Å²) in [7, 11) is 0. The number of fused-ring (bicyclic) bond motifs is 1. The molecule has 0 spiro atoms. The van der Waals surface area contributed by atoms with E-state index in [0.717, 1.165) is 35.3 Å². The molecule has 0 saturated heterocycles. The third-order valence-electron chi connectivity index (χ3n) is 8.81. The van der Waals surface area contributed by atoms with Crippen LogP contribution in [0.4, 0.5) is 4.79 Å². The molecule has 1 heterocycles. The SMILES string of the molecule is C=C/C=C\C(=C)CCC1CC(=O)C(CCOc2ccc(CCN=C(NC(=O)OC(C)(C)C)NC(=O)C3=C[CH]C3C(C)(C)C)cc2)Oc2ccccc21.[HH].[HH]. The van der Waals surface area contributed by atoms with Crippen LogP contribution in [0.5, 0.6) is 11.5 Å². The van der Waals surface area contributed by atoms with Gasteiger partial charge in [0.1, 0.15) is 17.1 Å². The van der Waals surface area contributed by atoms with Gasteiger partial charge in [0, 0.05) is 33.7 Å². The number of nitrogens with one attached hydrogen (secondary N) is 2. The molecule has 1 aliphatic carbocycles. The second-order valence-electron chi connectivity index (χ2n) is 15.3. The number of nitrogens with zero attached hydrogens (tertiary/aromatic N) is 1. The Kier molecular flexibility index (Phi) is 13.8. The minimum Gasteiger partial charge on any atom is -0.493 e. The molecule has 9 nitrogen and oxygen atoms in total. The summed E-state index contributed by atoms with van der Waals surface area (Å²) in [5, 5.41) is 5.36. The third-order valence-corrected chi connectivity index (χ3v) is 8.81. The lowest BCUT2D eigenvalue weighted by Gasteiger charge is -2.37. The lowest BCUT2D eigenvalue weighted by Crippen LogP contribution is -2.48. The smallest absolute Gasteiger partial charge is 0.414 e. The fourth-order valence-corrected chi connectivity index (χ4v) is 6.04. The molecule has 2 aromatic rings. The number of ketones is 1. The Hall–Kier alpha value is -4.92. The van der Waals surface area contributed by atoms with Gasteiger partial charge in [-0.15, -0.1) is 0 Å². The Labute approximate surface area is 312 Å². The molecule has 2 N–H and O–H groups in total. The molecule has 0 saturated carbocycles. The highest BCUT2D eigenvalue weighted by Gasteiger charge is 2.37. The number of alkyl carbamates (subject to hydrolysis) is 1. The molecule has 0 aromatic heterocycles. The first-order chi connectivity index (χ1) is 24.6. The Morgan fingerprint density at radius 3 is 2.42 bits per heavy atom. The largest absolute Gasteiger partial charge is 0.493 e. The number of carbonyl (C=O) groups is 3. The van der Waals surface area contributed by atoms with Crippen LogP contribution in [0.2, 0.25) is 0 Å². The third kappa shape index (κ3) is 12.1. The molecule has 4 rings (SSSR count). The highest BCUT2D eigenvalue weighted by atomic mass is 16.6. The van der Waals surface area contributed by atoms with Gasteiger partial charge in [0.05, 0.1) is 6.61 Å². The van der Waals surface area contributed by atoms with Gasteiger partial charge in [-0.2, -0.15) is 0 Å². The molecule has 0 bridgehead atoms. The van der Waals surface area contributed by atoms with Crippen LogP contribution in [0.3, 0.4) is 0 Å². The van der Waals surface area contributed by atoms with E-state index in [-0.39, 0.29) is 37.8 Å². The molecule has 2 amide bonds. The first-order valence-corrected chi connectivity index (χ1v) is 18.0. The maximum absolute atomic E-state index is 13.3. The minimum absolute atomic E-state index is 0. The maximum atomic E-state index is 13.3. The number of rotatable bonds is 13. The van der Waals surface area contributed by atoms with Gasteiger partial charge in [0.25, 0.3) is 5.91 Å². The zero-order valence-electron chi connectivity index (χ0n) is 31.5. The molecule has 2 aliphatic rings. The van der Waals surface area contributed by atoms with Gasteiger partial charge in [0.2, 0.25) is 5.96 Å². The van der Waals surface area contributed by atoms with Crippen LogP contribution in [0.15, 0.2) is 102 Å². The first-order valence-electron chi connectivity index (χ1n) is 18.0. The van der Waals surface area contributed by atoms with Crippen LogP contribution in [0.25, 0.3) is 0 Å². The number of para-hydroxylation sites is 1. The summed E-state index contributed by atoms with van der Waals surface area (Å²) in [6.45, 7) is 20.0. The van der Waals surface area contributed by atoms with Crippen molar-refractivity contribution in [3.8, 4) is 11.5 Å². The monoisotopic (exact) mass is 712 g/mol. The van der Waals surface area contributed by atoms with Gasteiger partial charge in [-0.1, -0.05) is 94.1 Å². The Morgan fingerprint density at radius 1 is 1.04 bits per heavy atom. The quantitative estimate of drug-likeness (QED) is 0.122. The summed E-state index contributed by atoms with van der Waals surface area (Å²) < 4.78 is 17.7. The molecule has 9 heteroatoms. The number of benzene rings is 2. The average Bonchev–Trinajstić information content (AvgIpc) is 3.16. The molecule has 1 aliphatic heterocycles. The van der Waals surface area contributed by atoms with Gasteiger partial charge >= 0.3 is 6.09 Å². The van der Waals surface area contributed by atoms with Gasteiger partial charge in [-0.3, -0.25) is 25.2 Å². The van der Waals surface area contributed by atoms with Crippen molar-refractivity contribution >= 4 is 23.7 Å². The summed E-state index contributed by atoms with van der Waals surface area (Å²) in [6.07, 6.45) is 11.0. The van der Waals surface area contributed by atoms with E-state index < -0.39 is 17.8 Å². The van der Waals surface area contributed by atoms with Gasteiger partial charge < -0.3 is 14.2 Å². The molecule has 3 unspecified atom stereocenters. The molecule has 2 aromatic carbocycles. The lowest BCUT2D eigenvalue weighted by atomic mass is 9.68. The number of hydrogen-bond donors (Lipinski definition) is 2. The first kappa shape index (κ1) is 39.9. The number of allylic oxidation sites excluding steroid dienone is 5. The van der Waals surface area contributed by atoms with Crippen molar-refractivity contribution in [3.63, 3.8) is 0 Å². The summed E-state index contributed by atoms with van der Waals surface area (Å²) in [4.78, 5) is 43.4. The summed E-state index contributed by atoms with van der Waals surface area (Å²) in [5.41, 5.74) is 2.87. The Morgan fingerprint density at radius 2 is 1.77 bits per heavy atom. The Balaban J connectivity index is 0.00000504. The Bertz CT molecular complexity index is 1700. The van der Waals surface area contributed by atoms with E-state index in [9.17, 15) is 14.4 Å². The second-order valence-corrected chi connectivity index (χ2v) is 15.3. The van der Waals surface area contributed by atoms with Crippen LogP contribution in [-0.2, 0) is 20.7 Å². The highest BCUT2D eigenvalue weighted by Crippen LogP contribution is 2.41. The van der Waals surface area contributed by atoms with E-state index in [1.165, 1.54) is 0 Å². The number of Topliss-reactive ketones (excluding diaryl/α,β-unsaturated/α-hetero) is 1. The van der Waals surface area contributed by atoms with E-state index in [1.807, 2.05) is 67.1 Å². The van der Waals surface area contributed by atoms with Crippen molar-refractivity contribution in [1.29, 1.82) is 0 Å². The zero-order valence-corrected chi connectivity index (χ0v) is 31.5. The van der Waals surface area contributed by atoms with E-state index in [4.69, 9.17) is 14.2 Å². The number of carbonyl (C=O) groups excluding carboxylic acids is 3. The van der Waals surface area contributed by atoms with Crippen LogP contribution >= 0.6 is 0 Å². The predicted octanol–water partition coefficient (Wildman–Crippen LogP) is 8.88. The zero-order chi connectivity index (χ0) is 37.9. The van der Waals surface area contributed by atoms with Crippen LogP contribution in [-0.4, -0.2) is 48.6 Å². The summed E-state index contributed by atoms with van der Waals surface area (Å²) in [5.74, 6) is 1.29. The summed E-state index contributed by atoms with van der Waals surface area (Å²) >= 11 is 0. The number of amides is 2. The van der Waals surface area contributed by atoms with Crippen molar-refractivity contribution in [2.75, 3.05) is 13.2 Å². The fourth-order valence-electron chi connectivity index (χ4n) is 6.04. The molecule has 281 valence electrons. The van der Waals surface area contributed by atoms with Gasteiger partial charge in [-0.05, 0) is 87.1 Å². The average molecular weight is 713 g/mol. The molecular formula is C43H58N3O6. The number of hydrogen-bond acceptors (Lipinski definition) is 7. The van der Waals surface area contributed by atoms with Crippen molar-refractivity contribution in [3.05, 3.63) is 115 Å². The van der Waals surface area contributed by atoms with E-state index in [0.29, 0.717) is 43.7 Å². The number of guanidine groups is 1. The fraction of sp³-hybridized carbons (Fsp3) is 0.419. The van der Waals surface area contributed by atoms with E-state index in [1.54, 1.807) is 32.9 Å². The van der Waals surface area contributed by atoms with Gasteiger partial charge in [0.15, 0.2) is 11.9 Å². The molecular weight excluding hydrogens is 654 g/mol. The van der Waals surface area contributed by atoms with Crippen molar-refractivity contribution < 1.29 is 31.4 Å². The number of ether oxygens (including phenoxy) is 3. The highest BCUT2D eigenvalue weighted by molar-refractivity contribution is 6.09. The van der Waals surface area contributed by atoms with Gasteiger partial charge in [-0.25, -0.2) is 4.79 Å². The lowest BCUT2D eigenvalue weighted by molar-refractivity contribution is -0.126. The van der Waals surface area contributed by atoms with Crippen molar-refractivity contribution in [1.82, 2.24) is 10.6 Å². The second kappa shape index (κ2) is 18.0. The minimum atomic E-state index is -0.710. The topological polar surface area (TPSA) is 115 Å². The van der Waals surface area contributed by atoms with Crippen molar-refractivity contribution in [2.24, 2.45) is 16.3 Å². The summed E-state index contributed by atoms with van der Waals surface area (Å²) in [6, 6.07) is 15.5. The van der Waals surface area contributed by atoms with Crippen LogP contribution in [0.1, 0.15) is 87.1 Å². The number of aliphatic imine (C=N–C) groups is 1. The van der Waals surface area contributed by atoms with Crippen LogP contribution < -0.4 is 20.1 Å². The van der Waals surface area contributed by atoms with E-state index >= 15 is 0 Å². The normalized spacial score (nSPS) is 19.0. The molecule has 3 atom stereocenters. The molecule has 1 radical (unpaired) electrons. The van der Waals surface area contributed by atoms with E-state index in [2.05, 4.69) is 49.6 Å². The van der Waals surface area contributed by atoms with Crippen LogP contribution in [0, 0.1) is 17.8 Å².